The summed E-state index contributed by atoms with van der Waals surface area (Å²) in [6.45, 7) is 4.56. The lowest BCUT2D eigenvalue weighted by atomic mass is 10.1. The first kappa shape index (κ1) is 14.1. The van der Waals surface area contributed by atoms with E-state index in [2.05, 4.69) is 22.9 Å². The molecule has 1 fully saturated rings. The van der Waals surface area contributed by atoms with E-state index < -0.39 is 0 Å². The molecule has 1 aromatic heterocycles. The highest BCUT2D eigenvalue weighted by Gasteiger charge is 2.28. The van der Waals surface area contributed by atoms with E-state index in [0.717, 1.165) is 18.2 Å². The maximum atomic E-state index is 6.01. The number of ether oxygens (including phenoxy) is 1. The van der Waals surface area contributed by atoms with Crippen molar-refractivity contribution in [2.24, 2.45) is 0 Å². The van der Waals surface area contributed by atoms with Crippen LogP contribution in [-0.2, 0) is 0 Å². The largest absolute Gasteiger partial charge is 0.439 e. The Labute approximate surface area is 126 Å². The Morgan fingerprint density at radius 2 is 2.05 bits per heavy atom. The number of hydrogen-bond donors (Lipinski definition) is 0. The molecule has 0 saturated carbocycles. The van der Waals surface area contributed by atoms with E-state index in [1.54, 1.807) is 6.20 Å². The SMILES string of the molecule is CCCN1CCCC1c1cccnc1Oc1ccccc1. The average Bonchev–Trinajstić information content (AvgIpc) is 2.97. The minimum absolute atomic E-state index is 0.442. The first-order valence-electron chi connectivity index (χ1n) is 7.80. The van der Waals surface area contributed by atoms with Crippen molar-refractivity contribution in [3.63, 3.8) is 0 Å². The topological polar surface area (TPSA) is 25.4 Å². The monoisotopic (exact) mass is 282 g/mol. The van der Waals surface area contributed by atoms with E-state index in [1.165, 1.54) is 31.4 Å². The molecule has 2 aromatic rings. The molecule has 110 valence electrons. The predicted octanol–water partition coefficient (Wildman–Crippen LogP) is 4.42. The molecular formula is C18H22N2O. The molecule has 21 heavy (non-hydrogen) atoms. The molecule has 3 rings (SSSR count). The van der Waals surface area contributed by atoms with Gasteiger partial charge in [0.1, 0.15) is 5.75 Å². The number of likely N-dealkylation sites (tertiary alicyclic amines) is 1. The zero-order valence-electron chi connectivity index (χ0n) is 12.5. The minimum atomic E-state index is 0.442. The van der Waals surface area contributed by atoms with Crippen molar-refractivity contribution in [1.29, 1.82) is 0 Å². The van der Waals surface area contributed by atoms with Crippen LogP contribution in [0, 0.1) is 0 Å². The van der Waals surface area contributed by atoms with Gasteiger partial charge in [-0.05, 0) is 50.6 Å². The van der Waals surface area contributed by atoms with Crippen LogP contribution in [0.4, 0.5) is 0 Å². The minimum Gasteiger partial charge on any atom is -0.439 e. The summed E-state index contributed by atoms with van der Waals surface area (Å²) < 4.78 is 6.01. The van der Waals surface area contributed by atoms with Crippen LogP contribution < -0.4 is 4.74 Å². The number of benzene rings is 1. The van der Waals surface area contributed by atoms with Gasteiger partial charge in [-0.3, -0.25) is 4.90 Å². The Hall–Kier alpha value is -1.87. The zero-order chi connectivity index (χ0) is 14.5. The quantitative estimate of drug-likeness (QED) is 0.811. The summed E-state index contributed by atoms with van der Waals surface area (Å²) in [7, 11) is 0. The second kappa shape index (κ2) is 6.72. The lowest BCUT2D eigenvalue weighted by Crippen LogP contribution is -2.24. The van der Waals surface area contributed by atoms with Crippen molar-refractivity contribution in [1.82, 2.24) is 9.88 Å². The molecule has 0 radical (unpaired) electrons. The van der Waals surface area contributed by atoms with Gasteiger partial charge in [-0.25, -0.2) is 4.98 Å². The van der Waals surface area contributed by atoms with Gasteiger partial charge in [0.2, 0.25) is 5.88 Å². The predicted molar refractivity (Wildman–Crippen MR) is 84.6 cm³/mol. The molecule has 0 amide bonds. The number of hydrogen-bond acceptors (Lipinski definition) is 3. The summed E-state index contributed by atoms with van der Waals surface area (Å²) in [6.07, 6.45) is 5.44. The van der Waals surface area contributed by atoms with E-state index >= 15 is 0 Å². The Morgan fingerprint density at radius 1 is 1.19 bits per heavy atom. The van der Waals surface area contributed by atoms with Gasteiger partial charge < -0.3 is 4.74 Å². The van der Waals surface area contributed by atoms with Gasteiger partial charge in [0.15, 0.2) is 0 Å². The maximum Gasteiger partial charge on any atom is 0.223 e. The lowest BCUT2D eigenvalue weighted by Gasteiger charge is -2.25. The van der Waals surface area contributed by atoms with E-state index in [0.29, 0.717) is 6.04 Å². The summed E-state index contributed by atoms with van der Waals surface area (Å²) in [4.78, 5) is 7.01. The molecule has 1 saturated heterocycles. The number of nitrogens with zero attached hydrogens (tertiary/aromatic N) is 2. The molecule has 3 nitrogen and oxygen atoms in total. The van der Waals surface area contributed by atoms with Crippen molar-refractivity contribution >= 4 is 0 Å². The Morgan fingerprint density at radius 3 is 2.86 bits per heavy atom. The molecule has 0 bridgehead atoms. The van der Waals surface area contributed by atoms with Crippen molar-refractivity contribution in [3.05, 3.63) is 54.2 Å². The van der Waals surface area contributed by atoms with Crippen LogP contribution in [-0.4, -0.2) is 23.0 Å². The molecule has 0 aliphatic carbocycles. The van der Waals surface area contributed by atoms with Crippen LogP contribution in [0.5, 0.6) is 11.6 Å². The molecule has 0 spiro atoms. The highest BCUT2D eigenvalue weighted by Crippen LogP contribution is 2.37. The molecular weight excluding hydrogens is 260 g/mol. The number of aromatic nitrogens is 1. The molecule has 1 aromatic carbocycles. The molecule has 3 heteroatoms. The number of rotatable bonds is 5. The second-order valence-corrected chi connectivity index (χ2v) is 5.51. The van der Waals surface area contributed by atoms with Crippen molar-refractivity contribution in [3.8, 4) is 11.6 Å². The van der Waals surface area contributed by atoms with Crippen molar-refractivity contribution in [2.75, 3.05) is 13.1 Å². The molecule has 2 heterocycles. The second-order valence-electron chi connectivity index (χ2n) is 5.51. The summed E-state index contributed by atoms with van der Waals surface area (Å²) in [5.41, 5.74) is 1.22. The van der Waals surface area contributed by atoms with E-state index in [1.807, 2.05) is 36.4 Å². The van der Waals surface area contributed by atoms with Gasteiger partial charge in [0.05, 0.1) is 0 Å². The van der Waals surface area contributed by atoms with Crippen LogP contribution in [0.1, 0.15) is 37.8 Å². The Bertz CT molecular complexity index is 570. The highest BCUT2D eigenvalue weighted by atomic mass is 16.5. The van der Waals surface area contributed by atoms with Crippen molar-refractivity contribution < 1.29 is 4.74 Å². The normalized spacial score (nSPS) is 18.8. The fraction of sp³-hybridized carbons (Fsp3) is 0.389. The lowest BCUT2D eigenvalue weighted by molar-refractivity contribution is 0.252. The van der Waals surface area contributed by atoms with Gasteiger partial charge in [0, 0.05) is 17.8 Å². The van der Waals surface area contributed by atoms with Gasteiger partial charge >= 0.3 is 0 Å². The number of para-hydroxylation sites is 1. The van der Waals surface area contributed by atoms with E-state index in [-0.39, 0.29) is 0 Å². The van der Waals surface area contributed by atoms with Gasteiger partial charge in [-0.1, -0.05) is 31.2 Å². The first-order chi connectivity index (χ1) is 10.4. The van der Waals surface area contributed by atoms with Crippen molar-refractivity contribution in [2.45, 2.75) is 32.2 Å². The Kier molecular flexibility index (Phi) is 4.51. The number of pyridine rings is 1. The average molecular weight is 282 g/mol. The smallest absolute Gasteiger partial charge is 0.223 e. The summed E-state index contributed by atoms with van der Waals surface area (Å²) in [5.74, 6) is 1.59. The van der Waals surface area contributed by atoms with E-state index in [9.17, 15) is 0 Å². The van der Waals surface area contributed by atoms with Crippen LogP contribution in [0.15, 0.2) is 48.7 Å². The maximum absolute atomic E-state index is 6.01. The highest BCUT2D eigenvalue weighted by molar-refractivity contribution is 5.34. The van der Waals surface area contributed by atoms with Crippen LogP contribution in [0.2, 0.25) is 0 Å². The fourth-order valence-corrected chi connectivity index (χ4v) is 3.08. The van der Waals surface area contributed by atoms with Gasteiger partial charge in [0.25, 0.3) is 0 Å². The zero-order valence-corrected chi connectivity index (χ0v) is 12.5. The third-order valence-electron chi connectivity index (χ3n) is 3.99. The molecule has 1 atom stereocenters. The third kappa shape index (κ3) is 3.24. The first-order valence-corrected chi connectivity index (χ1v) is 7.80. The van der Waals surface area contributed by atoms with Gasteiger partial charge in [-0.2, -0.15) is 0 Å². The molecule has 1 aliphatic heterocycles. The summed E-state index contributed by atoms with van der Waals surface area (Å²) in [6, 6.07) is 14.5. The van der Waals surface area contributed by atoms with Crippen LogP contribution in [0.3, 0.4) is 0 Å². The summed E-state index contributed by atoms with van der Waals surface area (Å²) >= 11 is 0. The molecule has 0 N–H and O–H groups in total. The standard InChI is InChI=1S/C18H22N2O/c1-2-13-20-14-7-11-17(20)16-10-6-12-19-18(16)21-15-8-4-3-5-9-15/h3-6,8-10,12,17H,2,7,11,13-14H2,1H3. The summed E-state index contributed by atoms with van der Waals surface area (Å²) in [5, 5.41) is 0. The van der Waals surface area contributed by atoms with E-state index in [4.69, 9.17) is 4.74 Å². The van der Waals surface area contributed by atoms with Crippen LogP contribution in [0.25, 0.3) is 0 Å². The third-order valence-corrected chi connectivity index (χ3v) is 3.99. The molecule has 1 aliphatic rings. The van der Waals surface area contributed by atoms with Crippen LogP contribution >= 0.6 is 0 Å². The molecule has 1 unspecified atom stereocenters. The Balaban J connectivity index is 1.85. The fourth-order valence-electron chi connectivity index (χ4n) is 3.08. The van der Waals surface area contributed by atoms with Gasteiger partial charge in [-0.15, -0.1) is 0 Å².